The van der Waals surface area contributed by atoms with Gasteiger partial charge in [0, 0.05) is 29.4 Å². The van der Waals surface area contributed by atoms with Gasteiger partial charge < -0.3 is 14.7 Å². The first-order valence-electron chi connectivity index (χ1n) is 9.25. The van der Waals surface area contributed by atoms with Crippen molar-refractivity contribution in [3.8, 4) is 5.75 Å². The first-order valence-corrected chi connectivity index (χ1v) is 10.5. The molecule has 1 N–H and O–H groups in total. The lowest BCUT2D eigenvalue weighted by atomic mass is 9.87. The number of hydrogen-bond acceptors (Lipinski definition) is 6. The third-order valence-electron chi connectivity index (χ3n) is 5.10. The molecule has 154 valence electrons. The number of methoxy groups -OCH3 is 1. The Morgan fingerprint density at radius 1 is 1.38 bits per heavy atom. The zero-order valence-electron chi connectivity index (χ0n) is 17.1. The van der Waals surface area contributed by atoms with Crippen molar-refractivity contribution in [1.82, 2.24) is 4.90 Å². The number of ether oxygens (including phenoxy) is 1. The first kappa shape index (κ1) is 21.4. The van der Waals surface area contributed by atoms with Gasteiger partial charge in [-0.25, -0.2) is 0 Å². The van der Waals surface area contributed by atoms with Gasteiger partial charge in [-0.1, -0.05) is 30.1 Å². The van der Waals surface area contributed by atoms with Crippen molar-refractivity contribution in [2.75, 3.05) is 25.1 Å². The van der Waals surface area contributed by atoms with E-state index in [1.807, 2.05) is 12.1 Å². The number of thiocarbonyl (C=S) groups is 1. The number of aliphatic carboxylic acids is 1. The summed E-state index contributed by atoms with van der Waals surface area (Å²) in [5.41, 5.74) is 3.97. The number of anilines is 1. The molecule has 1 amide bonds. The summed E-state index contributed by atoms with van der Waals surface area (Å²) in [6.07, 6.45) is 3.96. The standard InChI is InChI=1S/C21H24N2O4S2/c1-6-23-15-9-16(27-5)13(7-14(15)12(2)10-21(23,3)4)8-17-19(26)22(11-18(24)25)20(28)29-17/h7-10H,6,11H2,1-5H3,(H,24,25)/b17-8-. The van der Waals surface area contributed by atoms with Gasteiger partial charge in [0.1, 0.15) is 16.6 Å². The largest absolute Gasteiger partial charge is 0.496 e. The fraction of sp³-hybridized carbons (Fsp3) is 0.381. The molecule has 29 heavy (non-hydrogen) atoms. The maximum atomic E-state index is 12.6. The molecule has 3 rings (SSSR count). The van der Waals surface area contributed by atoms with Crippen molar-refractivity contribution in [3.05, 3.63) is 34.2 Å². The lowest BCUT2D eigenvalue weighted by Gasteiger charge is -2.43. The van der Waals surface area contributed by atoms with E-state index in [4.69, 9.17) is 22.1 Å². The molecule has 0 radical (unpaired) electrons. The van der Waals surface area contributed by atoms with Crippen LogP contribution in [0.1, 0.15) is 38.8 Å². The van der Waals surface area contributed by atoms with Crippen LogP contribution in [-0.4, -0.2) is 51.9 Å². The van der Waals surface area contributed by atoms with Gasteiger partial charge in [-0.3, -0.25) is 14.5 Å². The average Bonchev–Trinajstić information content (AvgIpc) is 2.88. The molecule has 0 aromatic heterocycles. The second kappa shape index (κ2) is 7.84. The maximum absolute atomic E-state index is 12.6. The number of rotatable bonds is 5. The van der Waals surface area contributed by atoms with Crippen LogP contribution < -0.4 is 9.64 Å². The number of fused-ring (bicyclic) bond motifs is 1. The van der Waals surface area contributed by atoms with E-state index in [1.54, 1.807) is 13.2 Å². The Morgan fingerprint density at radius 2 is 2.07 bits per heavy atom. The third kappa shape index (κ3) is 3.91. The number of likely N-dealkylation sites (N-methyl/N-ethyl adjacent to an activating group) is 1. The number of amides is 1. The van der Waals surface area contributed by atoms with Crippen molar-refractivity contribution < 1.29 is 19.4 Å². The van der Waals surface area contributed by atoms with Crippen molar-refractivity contribution in [1.29, 1.82) is 0 Å². The number of benzene rings is 1. The van der Waals surface area contributed by atoms with E-state index in [1.165, 1.54) is 0 Å². The molecule has 8 heteroatoms. The molecule has 0 saturated carbocycles. The predicted octanol–water partition coefficient (Wildman–Crippen LogP) is 4.00. The summed E-state index contributed by atoms with van der Waals surface area (Å²) in [7, 11) is 1.60. The van der Waals surface area contributed by atoms with E-state index in [9.17, 15) is 9.59 Å². The Morgan fingerprint density at radius 3 is 2.66 bits per heavy atom. The SMILES string of the molecule is CCN1c2cc(OC)c(/C=C3\SC(=S)N(CC(=O)O)C3=O)cc2C(C)=CC1(C)C. The quantitative estimate of drug-likeness (QED) is 0.557. The number of hydrogen-bond donors (Lipinski definition) is 1. The van der Waals surface area contributed by atoms with Crippen LogP contribution >= 0.6 is 24.0 Å². The van der Waals surface area contributed by atoms with Crippen molar-refractivity contribution in [2.24, 2.45) is 0 Å². The smallest absolute Gasteiger partial charge is 0.323 e. The summed E-state index contributed by atoms with van der Waals surface area (Å²) in [5, 5.41) is 9.01. The van der Waals surface area contributed by atoms with Crippen LogP contribution in [0.5, 0.6) is 5.75 Å². The summed E-state index contributed by atoms with van der Waals surface area (Å²) in [5.74, 6) is -0.848. The van der Waals surface area contributed by atoms with Gasteiger partial charge >= 0.3 is 5.97 Å². The molecule has 0 bridgehead atoms. The Labute approximate surface area is 180 Å². The summed E-state index contributed by atoms with van der Waals surface area (Å²) in [6, 6.07) is 4.02. The van der Waals surface area contributed by atoms with Crippen LogP contribution in [0, 0.1) is 0 Å². The van der Waals surface area contributed by atoms with Gasteiger partial charge in [-0.05, 0) is 45.4 Å². The number of carbonyl (C=O) groups is 2. The van der Waals surface area contributed by atoms with Gasteiger partial charge in [0.05, 0.1) is 17.6 Å². The van der Waals surface area contributed by atoms with Gasteiger partial charge in [-0.15, -0.1) is 0 Å². The minimum Gasteiger partial charge on any atom is -0.496 e. The lowest BCUT2D eigenvalue weighted by Crippen LogP contribution is -2.44. The van der Waals surface area contributed by atoms with Crippen LogP contribution in [0.15, 0.2) is 23.1 Å². The molecule has 0 aliphatic carbocycles. The topological polar surface area (TPSA) is 70.1 Å². The molecule has 1 aromatic rings. The van der Waals surface area contributed by atoms with E-state index >= 15 is 0 Å². The molecule has 1 saturated heterocycles. The average molecular weight is 433 g/mol. The zero-order chi connectivity index (χ0) is 21.5. The zero-order valence-corrected chi connectivity index (χ0v) is 18.7. The van der Waals surface area contributed by atoms with Gasteiger partial charge in [-0.2, -0.15) is 0 Å². The third-order valence-corrected chi connectivity index (χ3v) is 6.48. The minimum absolute atomic E-state index is 0.113. The van der Waals surface area contributed by atoms with Crippen LogP contribution in [0.4, 0.5) is 5.69 Å². The fourth-order valence-corrected chi connectivity index (χ4v) is 5.15. The number of allylic oxidation sites excluding steroid dienone is 1. The highest BCUT2D eigenvalue weighted by Gasteiger charge is 2.34. The van der Waals surface area contributed by atoms with Crippen LogP contribution in [0.3, 0.4) is 0 Å². The number of nitrogens with zero attached hydrogens (tertiary/aromatic N) is 2. The highest BCUT2D eigenvalue weighted by atomic mass is 32.2. The monoisotopic (exact) mass is 432 g/mol. The Bertz CT molecular complexity index is 966. The molecule has 1 aromatic carbocycles. The normalized spacial score (nSPS) is 19.5. The van der Waals surface area contributed by atoms with Crippen LogP contribution in [-0.2, 0) is 9.59 Å². The molecule has 2 heterocycles. The second-order valence-corrected chi connectivity index (χ2v) is 9.17. The number of carboxylic acid groups (broad SMARTS) is 1. The minimum atomic E-state index is -1.10. The Kier molecular flexibility index (Phi) is 5.78. The molecule has 2 aliphatic rings. The molecular weight excluding hydrogens is 408 g/mol. The lowest BCUT2D eigenvalue weighted by molar-refractivity contribution is -0.140. The summed E-state index contributed by atoms with van der Waals surface area (Å²) in [4.78, 5) is 27.4. The number of carboxylic acids is 1. The van der Waals surface area contributed by atoms with Gasteiger partial charge in [0.25, 0.3) is 5.91 Å². The first-order chi connectivity index (χ1) is 13.6. The molecular formula is C21H24N2O4S2. The van der Waals surface area contributed by atoms with Crippen LogP contribution in [0.2, 0.25) is 0 Å². The molecule has 0 atom stereocenters. The summed E-state index contributed by atoms with van der Waals surface area (Å²) in [6.45, 7) is 8.96. The number of carbonyl (C=O) groups excluding carboxylic acids is 1. The van der Waals surface area contributed by atoms with Gasteiger partial charge in [0.2, 0.25) is 0 Å². The van der Waals surface area contributed by atoms with E-state index in [2.05, 4.69) is 38.7 Å². The molecule has 2 aliphatic heterocycles. The van der Waals surface area contributed by atoms with E-state index in [0.29, 0.717) is 10.7 Å². The molecule has 1 fully saturated rings. The van der Waals surface area contributed by atoms with Crippen molar-refractivity contribution in [3.63, 3.8) is 0 Å². The fourth-order valence-electron chi connectivity index (χ4n) is 3.90. The predicted molar refractivity (Wildman–Crippen MR) is 121 cm³/mol. The van der Waals surface area contributed by atoms with Crippen LogP contribution in [0.25, 0.3) is 11.6 Å². The molecule has 0 unspecified atom stereocenters. The highest BCUT2D eigenvalue weighted by molar-refractivity contribution is 8.26. The second-order valence-electron chi connectivity index (χ2n) is 7.50. The van der Waals surface area contributed by atoms with Crippen molar-refractivity contribution in [2.45, 2.75) is 33.2 Å². The van der Waals surface area contributed by atoms with E-state index < -0.39 is 18.4 Å². The maximum Gasteiger partial charge on any atom is 0.323 e. The molecule has 6 nitrogen and oxygen atoms in total. The van der Waals surface area contributed by atoms with Crippen molar-refractivity contribution >= 4 is 57.5 Å². The Balaban J connectivity index is 2.08. The van der Waals surface area contributed by atoms with E-state index in [-0.39, 0.29) is 9.86 Å². The molecule has 0 spiro atoms. The highest BCUT2D eigenvalue weighted by Crippen LogP contribution is 2.43. The van der Waals surface area contributed by atoms with E-state index in [0.717, 1.165) is 45.6 Å². The van der Waals surface area contributed by atoms with Gasteiger partial charge in [0.15, 0.2) is 0 Å². The number of thioether (sulfide) groups is 1. The summed E-state index contributed by atoms with van der Waals surface area (Å²) >= 11 is 6.29. The Hall–Kier alpha value is -2.32. The summed E-state index contributed by atoms with van der Waals surface area (Å²) < 4.78 is 5.87.